The maximum atomic E-state index is 6.13. The van der Waals surface area contributed by atoms with Gasteiger partial charge in [-0.25, -0.2) is 9.97 Å². The summed E-state index contributed by atoms with van der Waals surface area (Å²) in [5.74, 6) is 0. The fraction of sp³-hybridized carbons (Fsp3) is 0.0909. The van der Waals surface area contributed by atoms with Crippen LogP contribution in [-0.2, 0) is 6.54 Å². The van der Waals surface area contributed by atoms with Crippen molar-refractivity contribution in [2.75, 3.05) is 0 Å². The van der Waals surface area contributed by atoms with E-state index < -0.39 is 0 Å². The molecule has 1 aromatic carbocycles. The maximum absolute atomic E-state index is 6.13. The van der Waals surface area contributed by atoms with Gasteiger partial charge >= 0.3 is 0 Å². The summed E-state index contributed by atoms with van der Waals surface area (Å²) in [4.78, 5) is 9.19. The molecule has 0 saturated carbocycles. The van der Waals surface area contributed by atoms with Crippen LogP contribution in [0.4, 0.5) is 0 Å². The molecule has 0 aliphatic heterocycles. The Labute approximate surface area is 103 Å². The molecule has 5 heteroatoms. The van der Waals surface area contributed by atoms with Crippen LogP contribution in [0.1, 0.15) is 5.56 Å². The number of hydrogen-bond acceptors (Lipinski definition) is 4. The van der Waals surface area contributed by atoms with E-state index in [-0.39, 0.29) is 0 Å². The van der Waals surface area contributed by atoms with E-state index in [0.717, 1.165) is 10.5 Å². The molecular formula is C11H10ClN3S. The van der Waals surface area contributed by atoms with Crippen molar-refractivity contribution in [1.29, 1.82) is 0 Å². The first-order chi connectivity index (χ1) is 7.79. The van der Waals surface area contributed by atoms with Crippen LogP contribution >= 0.6 is 23.4 Å². The predicted octanol–water partition coefficient (Wildman–Crippen LogP) is 2.74. The van der Waals surface area contributed by atoms with Gasteiger partial charge in [0.2, 0.25) is 0 Å². The summed E-state index contributed by atoms with van der Waals surface area (Å²) >= 11 is 7.56. The number of hydrogen-bond donors (Lipinski definition) is 1. The zero-order valence-corrected chi connectivity index (χ0v) is 10.0. The second-order valence-corrected chi connectivity index (χ2v) is 4.52. The van der Waals surface area contributed by atoms with Crippen LogP contribution in [0.5, 0.6) is 0 Å². The summed E-state index contributed by atoms with van der Waals surface area (Å²) in [5.41, 5.74) is 6.55. The SMILES string of the molecule is NCc1ccc(Sc2ncccn2)c(Cl)c1. The number of benzene rings is 1. The largest absolute Gasteiger partial charge is 0.326 e. The molecule has 0 atom stereocenters. The first-order valence-electron chi connectivity index (χ1n) is 4.73. The third-order valence-corrected chi connectivity index (χ3v) is 3.37. The quantitative estimate of drug-likeness (QED) is 0.853. The summed E-state index contributed by atoms with van der Waals surface area (Å²) in [6.07, 6.45) is 3.41. The van der Waals surface area contributed by atoms with Gasteiger partial charge in [-0.05, 0) is 35.5 Å². The highest BCUT2D eigenvalue weighted by atomic mass is 35.5. The Hall–Kier alpha value is -1.10. The van der Waals surface area contributed by atoms with Gasteiger partial charge in [-0.2, -0.15) is 0 Å². The van der Waals surface area contributed by atoms with E-state index in [9.17, 15) is 0 Å². The van der Waals surface area contributed by atoms with E-state index in [1.165, 1.54) is 11.8 Å². The molecular weight excluding hydrogens is 242 g/mol. The smallest absolute Gasteiger partial charge is 0.192 e. The number of rotatable bonds is 3. The van der Waals surface area contributed by atoms with Crippen LogP contribution in [0.15, 0.2) is 46.7 Å². The summed E-state index contributed by atoms with van der Waals surface area (Å²) in [6.45, 7) is 0.493. The minimum absolute atomic E-state index is 0.493. The van der Waals surface area contributed by atoms with Crippen molar-refractivity contribution in [3.63, 3.8) is 0 Å². The second kappa shape index (κ2) is 5.30. The first-order valence-corrected chi connectivity index (χ1v) is 5.92. The van der Waals surface area contributed by atoms with Gasteiger partial charge in [0, 0.05) is 23.8 Å². The van der Waals surface area contributed by atoms with Crippen LogP contribution in [0.25, 0.3) is 0 Å². The van der Waals surface area contributed by atoms with Crippen LogP contribution in [0.2, 0.25) is 5.02 Å². The molecule has 0 aliphatic rings. The first kappa shape index (κ1) is 11.4. The fourth-order valence-corrected chi connectivity index (χ4v) is 2.23. The lowest BCUT2D eigenvalue weighted by atomic mass is 10.2. The minimum atomic E-state index is 0.493. The Kier molecular flexibility index (Phi) is 3.77. The van der Waals surface area contributed by atoms with Gasteiger partial charge in [-0.1, -0.05) is 17.7 Å². The molecule has 0 spiro atoms. The van der Waals surface area contributed by atoms with Crippen molar-refractivity contribution in [2.45, 2.75) is 16.6 Å². The van der Waals surface area contributed by atoms with Gasteiger partial charge in [0.05, 0.1) is 5.02 Å². The second-order valence-electron chi connectivity index (χ2n) is 3.10. The summed E-state index contributed by atoms with van der Waals surface area (Å²) in [6, 6.07) is 7.54. The average Bonchev–Trinajstić information content (AvgIpc) is 2.33. The molecule has 0 saturated heterocycles. The zero-order chi connectivity index (χ0) is 11.4. The Balaban J connectivity index is 2.22. The maximum Gasteiger partial charge on any atom is 0.192 e. The molecule has 1 heterocycles. The Morgan fingerprint density at radius 3 is 2.62 bits per heavy atom. The number of nitrogens with two attached hydrogens (primary N) is 1. The lowest BCUT2D eigenvalue weighted by Crippen LogP contribution is -1.95. The monoisotopic (exact) mass is 251 g/mol. The van der Waals surface area contributed by atoms with Crippen LogP contribution in [0.3, 0.4) is 0 Å². The molecule has 0 bridgehead atoms. The van der Waals surface area contributed by atoms with Crippen LogP contribution < -0.4 is 5.73 Å². The molecule has 1 aromatic heterocycles. The summed E-state index contributed by atoms with van der Waals surface area (Å²) < 4.78 is 0. The van der Waals surface area contributed by atoms with E-state index >= 15 is 0 Å². The van der Waals surface area contributed by atoms with Gasteiger partial charge in [0.15, 0.2) is 5.16 Å². The van der Waals surface area contributed by atoms with Crippen molar-refractivity contribution >= 4 is 23.4 Å². The third-order valence-electron chi connectivity index (χ3n) is 1.98. The van der Waals surface area contributed by atoms with Crippen molar-refractivity contribution in [1.82, 2.24) is 9.97 Å². The average molecular weight is 252 g/mol. The zero-order valence-electron chi connectivity index (χ0n) is 8.43. The number of nitrogens with zero attached hydrogens (tertiary/aromatic N) is 2. The lowest BCUT2D eigenvalue weighted by molar-refractivity contribution is 0.966. The fourth-order valence-electron chi connectivity index (χ4n) is 1.19. The molecule has 0 aliphatic carbocycles. The van der Waals surface area contributed by atoms with E-state index in [1.54, 1.807) is 18.5 Å². The van der Waals surface area contributed by atoms with Crippen molar-refractivity contribution in [3.05, 3.63) is 47.2 Å². The summed E-state index contributed by atoms with van der Waals surface area (Å²) in [7, 11) is 0. The van der Waals surface area contributed by atoms with Gasteiger partial charge in [-0.3, -0.25) is 0 Å². The molecule has 0 amide bonds. The van der Waals surface area contributed by atoms with Gasteiger partial charge in [0.1, 0.15) is 0 Å². The molecule has 2 rings (SSSR count). The lowest BCUT2D eigenvalue weighted by Gasteiger charge is -2.04. The van der Waals surface area contributed by atoms with E-state index in [2.05, 4.69) is 9.97 Å². The van der Waals surface area contributed by atoms with Gasteiger partial charge in [0.25, 0.3) is 0 Å². The molecule has 0 radical (unpaired) electrons. The van der Waals surface area contributed by atoms with Gasteiger partial charge < -0.3 is 5.73 Å². The van der Waals surface area contributed by atoms with Crippen molar-refractivity contribution < 1.29 is 0 Å². The normalized spacial score (nSPS) is 10.4. The topological polar surface area (TPSA) is 51.8 Å². The molecule has 2 N–H and O–H groups in total. The van der Waals surface area contributed by atoms with Crippen molar-refractivity contribution in [2.24, 2.45) is 5.73 Å². The highest BCUT2D eigenvalue weighted by molar-refractivity contribution is 7.99. The molecule has 0 unspecified atom stereocenters. The Morgan fingerprint density at radius 2 is 2.00 bits per heavy atom. The number of halogens is 1. The van der Waals surface area contributed by atoms with Crippen molar-refractivity contribution in [3.8, 4) is 0 Å². The molecule has 3 nitrogen and oxygen atoms in total. The van der Waals surface area contributed by atoms with E-state index in [1.807, 2.05) is 18.2 Å². The van der Waals surface area contributed by atoms with Crippen LogP contribution in [0, 0.1) is 0 Å². The third kappa shape index (κ3) is 2.72. The highest BCUT2D eigenvalue weighted by Crippen LogP contribution is 2.31. The van der Waals surface area contributed by atoms with E-state index in [0.29, 0.717) is 16.7 Å². The van der Waals surface area contributed by atoms with Crippen LogP contribution in [-0.4, -0.2) is 9.97 Å². The molecule has 2 aromatic rings. The number of aromatic nitrogens is 2. The Morgan fingerprint density at radius 1 is 1.25 bits per heavy atom. The summed E-state index contributed by atoms with van der Waals surface area (Å²) in [5, 5.41) is 1.37. The highest BCUT2D eigenvalue weighted by Gasteiger charge is 2.05. The Bertz CT molecular complexity index is 476. The van der Waals surface area contributed by atoms with E-state index in [4.69, 9.17) is 17.3 Å². The minimum Gasteiger partial charge on any atom is -0.326 e. The van der Waals surface area contributed by atoms with Gasteiger partial charge in [-0.15, -0.1) is 0 Å². The molecule has 16 heavy (non-hydrogen) atoms. The molecule has 0 fully saturated rings. The predicted molar refractivity (Wildman–Crippen MR) is 65.5 cm³/mol. The molecule has 82 valence electrons. The standard InChI is InChI=1S/C11H10ClN3S/c12-9-6-8(7-13)2-3-10(9)16-11-14-4-1-5-15-11/h1-6H,7,13H2.